The van der Waals surface area contributed by atoms with Crippen LogP contribution in [-0.2, 0) is 4.79 Å². The third-order valence-corrected chi connectivity index (χ3v) is 5.68. The van der Waals surface area contributed by atoms with Gasteiger partial charge in [-0.2, -0.15) is 0 Å². The average molecular weight is 365 g/mol. The molecular formula is C24H44O2. The van der Waals surface area contributed by atoms with E-state index < -0.39 is 6.10 Å². The van der Waals surface area contributed by atoms with Crippen LogP contribution in [0.3, 0.4) is 0 Å². The van der Waals surface area contributed by atoms with Crippen LogP contribution in [0, 0.1) is 0 Å². The van der Waals surface area contributed by atoms with Gasteiger partial charge in [-0.3, -0.25) is 4.79 Å². The van der Waals surface area contributed by atoms with Gasteiger partial charge in [-0.25, -0.2) is 0 Å². The summed E-state index contributed by atoms with van der Waals surface area (Å²) in [5.74, 6) is 0.0764. The van der Waals surface area contributed by atoms with Crippen LogP contribution in [0.25, 0.3) is 0 Å². The second-order valence-electron chi connectivity index (χ2n) is 8.23. The summed E-state index contributed by atoms with van der Waals surface area (Å²) < 4.78 is 0. The zero-order chi connectivity index (χ0) is 18.7. The SMILES string of the molecule is O=C1CCCCCCCCCCC/C=C/CCCCCCCCCC1O. The van der Waals surface area contributed by atoms with E-state index in [4.69, 9.17) is 0 Å². The third kappa shape index (κ3) is 14.5. The van der Waals surface area contributed by atoms with Crippen LogP contribution in [0.1, 0.15) is 128 Å². The van der Waals surface area contributed by atoms with Gasteiger partial charge in [0.05, 0.1) is 0 Å². The number of Topliss-reactive ketones (excluding diaryl/α,β-unsaturated/α-hetero) is 1. The van der Waals surface area contributed by atoms with Crippen molar-refractivity contribution in [2.45, 2.75) is 135 Å². The van der Waals surface area contributed by atoms with Crippen LogP contribution in [0.15, 0.2) is 12.2 Å². The van der Waals surface area contributed by atoms with Crippen LogP contribution in [0.5, 0.6) is 0 Å². The Morgan fingerprint density at radius 2 is 0.962 bits per heavy atom. The predicted molar refractivity (Wildman–Crippen MR) is 112 cm³/mol. The smallest absolute Gasteiger partial charge is 0.161 e. The van der Waals surface area contributed by atoms with Crippen molar-refractivity contribution in [3.05, 3.63) is 12.2 Å². The number of ketones is 1. The summed E-state index contributed by atoms with van der Waals surface area (Å²) in [5.41, 5.74) is 0. The van der Waals surface area contributed by atoms with Crippen molar-refractivity contribution in [3.63, 3.8) is 0 Å². The fourth-order valence-electron chi connectivity index (χ4n) is 3.85. The topological polar surface area (TPSA) is 37.3 Å². The van der Waals surface area contributed by atoms with Crippen molar-refractivity contribution in [2.75, 3.05) is 0 Å². The number of hydrogen-bond donors (Lipinski definition) is 1. The first-order valence-electron chi connectivity index (χ1n) is 11.7. The molecule has 0 amide bonds. The molecule has 1 aliphatic rings. The molecule has 1 aliphatic carbocycles. The van der Waals surface area contributed by atoms with Gasteiger partial charge in [0.15, 0.2) is 5.78 Å². The summed E-state index contributed by atoms with van der Waals surface area (Å²) in [4.78, 5) is 12.0. The monoisotopic (exact) mass is 364 g/mol. The molecule has 0 saturated heterocycles. The molecule has 152 valence electrons. The van der Waals surface area contributed by atoms with Crippen molar-refractivity contribution >= 4 is 5.78 Å². The van der Waals surface area contributed by atoms with E-state index in [0.717, 1.165) is 25.7 Å². The molecule has 0 aliphatic heterocycles. The molecule has 0 bridgehead atoms. The van der Waals surface area contributed by atoms with E-state index >= 15 is 0 Å². The lowest BCUT2D eigenvalue weighted by atomic mass is 10.0. The first-order chi connectivity index (χ1) is 12.8. The van der Waals surface area contributed by atoms with Crippen molar-refractivity contribution in [2.24, 2.45) is 0 Å². The zero-order valence-electron chi connectivity index (χ0n) is 17.2. The molecule has 0 aromatic carbocycles. The molecule has 0 spiro atoms. The molecular weight excluding hydrogens is 320 g/mol. The van der Waals surface area contributed by atoms with E-state index in [1.165, 1.54) is 89.9 Å². The van der Waals surface area contributed by atoms with Gasteiger partial charge in [0.2, 0.25) is 0 Å². The number of rotatable bonds is 0. The first kappa shape index (κ1) is 23.4. The Morgan fingerprint density at radius 1 is 0.577 bits per heavy atom. The molecule has 0 radical (unpaired) electrons. The van der Waals surface area contributed by atoms with E-state index in [0.29, 0.717) is 12.8 Å². The summed E-state index contributed by atoms with van der Waals surface area (Å²) in [5, 5.41) is 9.99. The number of carbonyl (C=O) groups excluding carboxylic acids is 1. The molecule has 26 heavy (non-hydrogen) atoms. The molecule has 0 heterocycles. The Kier molecular flexibility index (Phi) is 16.0. The first-order valence-corrected chi connectivity index (χ1v) is 11.7. The summed E-state index contributed by atoms with van der Waals surface area (Å²) >= 11 is 0. The van der Waals surface area contributed by atoms with Crippen LogP contribution < -0.4 is 0 Å². The summed E-state index contributed by atoms with van der Waals surface area (Å²) in [7, 11) is 0. The Bertz CT molecular complexity index is 348. The van der Waals surface area contributed by atoms with E-state index in [1.807, 2.05) is 0 Å². The third-order valence-electron chi connectivity index (χ3n) is 5.68. The van der Waals surface area contributed by atoms with E-state index in [1.54, 1.807) is 0 Å². The van der Waals surface area contributed by atoms with Gasteiger partial charge < -0.3 is 5.11 Å². The molecule has 2 nitrogen and oxygen atoms in total. The van der Waals surface area contributed by atoms with Crippen LogP contribution >= 0.6 is 0 Å². The van der Waals surface area contributed by atoms with Crippen LogP contribution in [0.4, 0.5) is 0 Å². The molecule has 1 N–H and O–H groups in total. The fourth-order valence-corrected chi connectivity index (χ4v) is 3.85. The van der Waals surface area contributed by atoms with Crippen LogP contribution in [-0.4, -0.2) is 17.0 Å². The van der Waals surface area contributed by atoms with Gasteiger partial charge in [-0.05, 0) is 38.5 Å². The molecule has 1 unspecified atom stereocenters. The molecule has 0 saturated carbocycles. The van der Waals surface area contributed by atoms with Crippen LogP contribution in [0.2, 0.25) is 0 Å². The summed E-state index contributed by atoms with van der Waals surface area (Å²) in [6, 6.07) is 0. The van der Waals surface area contributed by atoms with E-state index in [-0.39, 0.29) is 5.78 Å². The number of carbonyl (C=O) groups is 1. The van der Waals surface area contributed by atoms with Gasteiger partial charge >= 0.3 is 0 Å². The van der Waals surface area contributed by atoms with E-state index in [2.05, 4.69) is 12.2 Å². The molecule has 0 fully saturated rings. The molecule has 1 atom stereocenters. The quantitative estimate of drug-likeness (QED) is 0.458. The molecule has 0 aromatic heterocycles. The number of allylic oxidation sites excluding steroid dienone is 2. The zero-order valence-corrected chi connectivity index (χ0v) is 17.2. The highest BCUT2D eigenvalue weighted by molar-refractivity contribution is 5.82. The Morgan fingerprint density at radius 3 is 1.46 bits per heavy atom. The molecule has 1 rings (SSSR count). The lowest BCUT2D eigenvalue weighted by Crippen LogP contribution is -2.19. The highest BCUT2D eigenvalue weighted by atomic mass is 16.3. The molecule has 0 aromatic rings. The normalized spacial score (nSPS) is 26.7. The van der Waals surface area contributed by atoms with Gasteiger partial charge in [0, 0.05) is 6.42 Å². The standard InChI is InChI=1S/C24H44O2/c25-23-21-19-17-15-13-11-9-7-5-3-1-2-4-6-8-10-12-14-16-18-20-22-24(23)26/h1,3,23,25H,2,4-22H2/b3-1+. The van der Waals surface area contributed by atoms with Gasteiger partial charge in [-0.15, -0.1) is 0 Å². The minimum Gasteiger partial charge on any atom is -0.385 e. The highest BCUT2D eigenvalue weighted by Gasteiger charge is 2.13. The van der Waals surface area contributed by atoms with Gasteiger partial charge in [-0.1, -0.05) is 95.6 Å². The molecule has 2 heteroatoms. The van der Waals surface area contributed by atoms with Gasteiger partial charge in [0.25, 0.3) is 0 Å². The fraction of sp³-hybridized carbons (Fsp3) is 0.875. The van der Waals surface area contributed by atoms with Crippen molar-refractivity contribution < 1.29 is 9.90 Å². The van der Waals surface area contributed by atoms with Crippen molar-refractivity contribution in [1.29, 1.82) is 0 Å². The Labute approximate surface area is 162 Å². The summed E-state index contributed by atoms with van der Waals surface area (Å²) in [6.07, 6.45) is 28.0. The Balaban J connectivity index is 2.19. The Hall–Kier alpha value is -0.630. The number of aliphatic hydroxyl groups excluding tert-OH is 1. The average Bonchev–Trinajstić information content (AvgIpc) is 2.64. The maximum Gasteiger partial charge on any atom is 0.161 e. The number of aliphatic hydroxyl groups is 1. The largest absolute Gasteiger partial charge is 0.385 e. The summed E-state index contributed by atoms with van der Waals surface area (Å²) in [6.45, 7) is 0. The van der Waals surface area contributed by atoms with E-state index in [9.17, 15) is 9.90 Å². The predicted octanol–water partition coefficient (Wildman–Crippen LogP) is 7.29. The van der Waals surface area contributed by atoms with Crippen molar-refractivity contribution in [3.8, 4) is 0 Å². The maximum atomic E-state index is 12.0. The maximum absolute atomic E-state index is 12.0. The minimum absolute atomic E-state index is 0.0764. The lowest BCUT2D eigenvalue weighted by Gasteiger charge is -2.09. The second kappa shape index (κ2) is 17.8. The highest BCUT2D eigenvalue weighted by Crippen LogP contribution is 2.15. The van der Waals surface area contributed by atoms with Gasteiger partial charge in [0.1, 0.15) is 6.10 Å². The second-order valence-corrected chi connectivity index (χ2v) is 8.23. The lowest BCUT2D eigenvalue weighted by molar-refractivity contribution is -0.127. The van der Waals surface area contributed by atoms with Crippen molar-refractivity contribution in [1.82, 2.24) is 0 Å². The number of hydrogen-bond acceptors (Lipinski definition) is 2. The minimum atomic E-state index is -0.702.